The molecule has 0 bridgehead atoms. The molecule has 28 heavy (non-hydrogen) atoms. The Morgan fingerprint density at radius 1 is 1.18 bits per heavy atom. The smallest absolute Gasteiger partial charge is 0.234 e. The molecular weight excluding hydrogens is 361 g/mol. The molecular formula is C22H24FNO4. The Morgan fingerprint density at radius 2 is 2.00 bits per heavy atom. The summed E-state index contributed by atoms with van der Waals surface area (Å²) in [5.41, 5.74) is 1.54. The summed E-state index contributed by atoms with van der Waals surface area (Å²) < 4.78 is 30.5. The van der Waals surface area contributed by atoms with Crippen molar-refractivity contribution in [1.29, 1.82) is 0 Å². The van der Waals surface area contributed by atoms with Crippen LogP contribution in [-0.2, 0) is 16.0 Å². The molecule has 1 amide bonds. The van der Waals surface area contributed by atoms with Crippen LogP contribution in [0.3, 0.4) is 0 Å². The van der Waals surface area contributed by atoms with Crippen LogP contribution in [0, 0.1) is 11.7 Å². The lowest BCUT2D eigenvalue weighted by Crippen LogP contribution is -2.48. The lowest BCUT2D eigenvalue weighted by molar-refractivity contribution is -0.124. The number of halogens is 1. The fraction of sp³-hybridized carbons (Fsp3) is 0.409. The van der Waals surface area contributed by atoms with Crippen molar-refractivity contribution < 1.29 is 23.4 Å². The molecule has 5 nitrogen and oxygen atoms in total. The molecule has 148 valence electrons. The van der Waals surface area contributed by atoms with E-state index in [-0.39, 0.29) is 23.7 Å². The Labute approximate surface area is 164 Å². The van der Waals surface area contributed by atoms with Crippen molar-refractivity contribution in [3.8, 4) is 11.5 Å². The summed E-state index contributed by atoms with van der Waals surface area (Å²) in [7, 11) is 1.62. The molecule has 1 fully saturated rings. The van der Waals surface area contributed by atoms with Crippen LogP contribution in [0.15, 0.2) is 42.5 Å². The van der Waals surface area contributed by atoms with Gasteiger partial charge in [-0.1, -0.05) is 6.07 Å². The van der Waals surface area contributed by atoms with E-state index in [2.05, 4.69) is 0 Å². The highest BCUT2D eigenvalue weighted by Gasteiger charge is 2.35. The van der Waals surface area contributed by atoms with E-state index in [1.54, 1.807) is 24.1 Å². The molecule has 2 aromatic rings. The lowest BCUT2D eigenvalue weighted by Gasteiger charge is -2.37. The Balaban J connectivity index is 1.61. The van der Waals surface area contributed by atoms with Gasteiger partial charge in [0.05, 0.1) is 13.0 Å². The van der Waals surface area contributed by atoms with Crippen LogP contribution >= 0.6 is 0 Å². The van der Waals surface area contributed by atoms with Crippen LogP contribution in [0.4, 0.5) is 10.1 Å². The number of hydrogen-bond donors (Lipinski definition) is 0. The third-order valence-electron chi connectivity index (χ3n) is 5.40. The van der Waals surface area contributed by atoms with Crippen molar-refractivity contribution in [2.75, 3.05) is 31.8 Å². The quantitative estimate of drug-likeness (QED) is 0.807. The van der Waals surface area contributed by atoms with Gasteiger partial charge in [-0.05, 0) is 61.2 Å². The van der Waals surface area contributed by atoms with Gasteiger partial charge in [-0.15, -0.1) is 0 Å². The number of hydrogen-bond acceptors (Lipinski definition) is 4. The maximum atomic E-state index is 13.9. The zero-order chi connectivity index (χ0) is 19.5. The third kappa shape index (κ3) is 3.83. The van der Waals surface area contributed by atoms with Crippen LogP contribution in [0.5, 0.6) is 11.5 Å². The fourth-order valence-electron chi connectivity index (χ4n) is 3.94. The average molecular weight is 385 g/mol. The van der Waals surface area contributed by atoms with Crippen LogP contribution in [-0.4, -0.2) is 38.9 Å². The van der Waals surface area contributed by atoms with E-state index in [1.807, 2.05) is 18.2 Å². The van der Waals surface area contributed by atoms with Crippen molar-refractivity contribution in [2.24, 2.45) is 5.92 Å². The van der Waals surface area contributed by atoms with Gasteiger partial charge < -0.3 is 19.1 Å². The van der Waals surface area contributed by atoms with Gasteiger partial charge in [0.2, 0.25) is 5.91 Å². The van der Waals surface area contributed by atoms with Crippen molar-refractivity contribution in [2.45, 2.75) is 25.3 Å². The molecule has 0 aliphatic carbocycles. The van der Waals surface area contributed by atoms with E-state index in [9.17, 15) is 9.18 Å². The molecule has 1 unspecified atom stereocenters. The van der Waals surface area contributed by atoms with Gasteiger partial charge in [-0.3, -0.25) is 4.79 Å². The Morgan fingerprint density at radius 3 is 2.75 bits per heavy atom. The minimum atomic E-state index is -0.350. The van der Waals surface area contributed by atoms with Crippen LogP contribution in [0.25, 0.3) is 0 Å². The number of benzene rings is 2. The van der Waals surface area contributed by atoms with Crippen molar-refractivity contribution in [1.82, 2.24) is 0 Å². The lowest BCUT2D eigenvalue weighted by atomic mass is 9.93. The standard InChI is InChI=1S/C22H24FNO4/c1-26-20-5-6-21-15(12-20)11-16(14-28-21)22(25)24(18-7-9-27-10-8-18)19-4-2-3-17(23)13-19/h2-6,12-13,16,18H,7-11,14H2,1H3. The van der Waals surface area contributed by atoms with Crippen molar-refractivity contribution >= 4 is 11.6 Å². The first-order chi connectivity index (χ1) is 13.7. The molecule has 2 aliphatic heterocycles. The third-order valence-corrected chi connectivity index (χ3v) is 5.40. The number of nitrogens with zero attached hydrogens (tertiary/aromatic N) is 1. The van der Waals surface area contributed by atoms with Gasteiger partial charge in [0.15, 0.2) is 0 Å². The van der Waals surface area contributed by atoms with E-state index in [0.29, 0.717) is 31.9 Å². The number of carbonyl (C=O) groups excluding carboxylic acids is 1. The predicted octanol–water partition coefficient (Wildman–Crippen LogP) is 3.60. The Hall–Kier alpha value is -2.60. The molecule has 4 rings (SSSR count). The number of ether oxygens (including phenoxy) is 3. The summed E-state index contributed by atoms with van der Waals surface area (Å²) >= 11 is 0. The zero-order valence-corrected chi connectivity index (χ0v) is 15.9. The molecule has 1 atom stereocenters. The number of amides is 1. The van der Waals surface area contributed by atoms with Gasteiger partial charge in [0.1, 0.15) is 23.9 Å². The number of methoxy groups -OCH3 is 1. The van der Waals surface area contributed by atoms with E-state index in [1.165, 1.54) is 12.1 Å². The highest BCUT2D eigenvalue weighted by atomic mass is 19.1. The second kappa shape index (κ2) is 8.19. The summed E-state index contributed by atoms with van der Waals surface area (Å²) in [6.45, 7) is 1.52. The van der Waals surface area contributed by atoms with Gasteiger partial charge in [0, 0.05) is 24.9 Å². The van der Waals surface area contributed by atoms with Gasteiger partial charge in [-0.2, -0.15) is 0 Å². The molecule has 2 aromatic carbocycles. The Kier molecular flexibility index (Phi) is 5.48. The molecule has 0 N–H and O–H groups in total. The summed E-state index contributed by atoms with van der Waals surface area (Å²) in [6, 6.07) is 11.9. The molecule has 2 aliphatic rings. The summed E-state index contributed by atoms with van der Waals surface area (Å²) in [6.07, 6.45) is 2.04. The molecule has 0 spiro atoms. The van der Waals surface area contributed by atoms with Gasteiger partial charge >= 0.3 is 0 Å². The summed E-state index contributed by atoms with van der Waals surface area (Å²) in [4.78, 5) is 15.3. The SMILES string of the molecule is COc1ccc2c(c1)CC(C(=O)N(c1cccc(F)c1)C1CCOCC1)CO2. The van der Waals surface area contributed by atoms with Gasteiger partial charge in [0.25, 0.3) is 0 Å². The topological polar surface area (TPSA) is 48.0 Å². The molecule has 0 saturated carbocycles. The predicted molar refractivity (Wildman–Crippen MR) is 103 cm³/mol. The monoisotopic (exact) mass is 385 g/mol. The largest absolute Gasteiger partial charge is 0.497 e. The van der Waals surface area contributed by atoms with Crippen LogP contribution in [0.2, 0.25) is 0 Å². The maximum absolute atomic E-state index is 13.9. The Bertz CT molecular complexity index is 850. The minimum absolute atomic E-state index is 0.00486. The van der Waals surface area contributed by atoms with E-state index in [0.717, 1.165) is 29.9 Å². The van der Waals surface area contributed by atoms with E-state index in [4.69, 9.17) is 14.2 Å². The van der Waals surface area contributed by atoms with Crippen LogP contribution < -0.4 is 14.4 Å². The first-order valence-corrected chi connectivity index (χ1v) is 9.62. The highest BCUT2D eigenvalue weighted by molar-refractivity contribution is 5.96. The highest BCUT2D eigenvalue weighted by Crippen LogP contribution is 2.33. The molecule has 2 heterocycles. The molecule has 0 radical (unpaired) electrons. The second-order valence-corrected chi connectivity index (χ2v) is 7.22. The average Bonchev–Trinajstić information content (AvgIpc) is 2.74. The fourth-order valence-corrected chi connectivity index (χ4v) is 3.94. The van der Waals surface area contributed by atoms with E-state index < -0.39 is 0 Å². The first-order valence-electron chi connectivity index (χ1n) is 9.62. The first kappa shape index (κ1) is 18.7. The van der Waals surface area contributed by atoms with Crippen molar-refractivity contribution in [3.63, 3.8) is 0 Å². The van der Waals surface area contributed by atoms with Crippen LogP contribution in [0.1, 0.15) is 18.4 Å². The number of rotatable bonds is 4. The molecule has 1 saturated heterocycles. The summed E-state index contributed by atoms with van der Waals surface area (Å²) in [5.74, 6) is 0.809. The number of carbonyl (C=O) groups is 1. The van der Waals surface area contributed by atoms with E-state index >= 15 is 0 Å². The zero-order valence-electron chi connectivity index (χ0n) is 15.9. The maximum Gasteiger partial charge on any atom is 0.234 e. The number of anilines is 1. The molecule has 0 aromatic heterocycles. The van der Waals surface area contributed by atoms with Gasteiger partial charge in [-0.25, -0.2) is 4.39 Å². The minimum Gasteiger partial charge on any atom is -0.497 e. The number of fused-ring (bicyclic) bond motifs is 1. The second-order valence-electron chi connectivity index (χ2n) is 7.22. The van der Waals surface area contributed by atoms with Crippen molar-refractivity contribution in [3.05, 3.63) is 53.8 Å². The summed E-state index contributed by atoms with van der Waals surface area (Å²) in [5, 5.41) is 0. The normalized spacial score (nSPS) is 19.4. The molecule has 6 heteroatoms.